The lowest BCUT2D eigenvalue weighted by molar-refractivity contribution is -0.133. The van der Waals surface area contributed by atoms with Gasteiger partial charge in [-0.25, -0.2) is 4.79 Å². The zero-order valence-corrected chi connectivity index (χ0v) is 18.3. The summed E-state index contributed by atoms with van der Waals surface area (Å²) in [4.78, 5) is 11.4. The average Bonchev–Trinajstić information content (AvgIpc) is 3.25. The molecule has 0 aliphatic carbocycles. The second-order valence-electron chi connectivity index (χ2n) is 8.60. The summed E-state index contributed by atoms with van der Waals surface area (Å²) in [7, 11) is 0. The normalized spacial score (nSPS) is 23.3. The molecule has 3 heteroatoms. The third-order valence-corrected chi connectivity index (χ3v) is 5.69. The third-order valence-electron chi connectivity index (χ3n) is 5.69. The Hall–Kier alpha value is -1.61. The van der Waals surface area contributed by atoms with Crippen molar-refractivity contribution in [1.29, 1.82) is 0 Å². The van der Waals surface area contributed by atoms with Crippen LogP contribution in [0.3, 0.4) is 0 Å². The van der Waals surface area contributed by atoms with Crippen LogP contribution in [-0.2, 0) is 14.3 Å². The first kappa shape index (κ1) is 22.7. The maximum atomic E-state index is 11.4. The zero-order chi connectivity index (χ0) is 20.4. The van der Waals surface area contributed by atoms with Crippen LogP contribution in [0.4, 0.5) is 0 Å². The van der Waals surface area contributed by atoms with Crippen LogP contribution in [0.25, 0.3) is 0 Å². The van der Waals surface area contributed by atoms with Crippen molar-refractivity contribution in [2.24, 2.45) is 11.8 Å². The molecule has 1 fully saturated rings. The Morgan fingerprint density at radius 2 is 1.96 bits per heavy atom. The third kappa shape index (κ3) is 8.60. The van der Waals surface area contributed by atoms with Crippen molar-refractivity contribution < 1.29 is 14.3 Å². The van der Waals surface area contributed by atoms with Crippen molar-refractivity contribution in [3.63, 3.8) is 0 Å². The topological polar surface area (TPSA) is 35.5 Å². The SMILES string of the molecule is CC1=C/C(=C/[C@@H](C)CCC/C(C)=C/CC/C(C)=C/CCC2CCOC2)OC1=O. The van der Waals surface area contributed by atoms with E-state index in [4.69, 9.17) is 9.47 Å². The van der Waals surface area contributed by atoms with Crippen LogP contribution in [0.15, 0.2) is 46.8 Å². The highest BCUT2D eigenvalue weighted by Gasteiger charge is 2.17. The van der Waals surface area contributed by atoms with E-state index in [0.717, 1.165) is 44.8 Å². The number of rotatable bonds is 11. The molecular weight excluding hydrogens is 348 g/mol. The molecule has 3 nitrogen and oxygen atoms in total. The molecule has 0 amide bonds. The molecule has 0 N–H and O–H groups in total. The van der Waals surface area contributed by atoms with E-state index in [0.29, 0.717) is 17.3 Å². The first-order valence-electron chi connectivity index (χ1n) is 11.0. The van der Waals surface area contributed by atoms with Gasteiger partial charge in [0.25, 0.3) is 0 Å². The summed E-state index contributed by atoms with van der Waals surface area (Å²) in [6, 6.07) is 0. The first-order chi connectivity index (χ1) is 13.4. The summed E-state index contributed by atoms with van der Waals surface area (Å²) in [5.41, 5.74) is 3.69. The van der Waals surface area contributed by atoms with E-state index in [9.17, 15) is 4.79 Å². The molecule has 0 bridgehead atoms. The molecule has 0 radical (unpaired) electrons. The number of hydrogen-bond acceptors (Lipinski definition) is 3. The van der Waals surface area contributed by atoms with Gasteiger partial charge in [-0.2, -0.15) is 0 Å². The van der Waals surface area contributed by atoms with Gasteiger partial charge in [0.1, 0.15) is 5.76 Å². The molecular formula is C25H38O3. The number of carbonyl (C=O) groups is 1. The van der Waals surface area contributed by atoms with Gasteiger partial charge in [0, 0.05) is 18.8 Å². The van der Waals surface area contributed by atoms with Crippen molar-refractivity contribution >= 4 is 5.97 Å². The first-order valence-corrected chi connectivity index (χ1v) is 11.0. The lowest BCUT2D eigenvalue weighted by Crippen LogP contribution is -1.97. The van der Waals surface area contributed by atoms with E-state index in [2.05, 4.69) is 39.0 Å². The van der Waals surface area contributed by atoms with Gasteiger partial charge in [0.2, 0.25) is 0 Å². The van der Waals surface area contributed by atoms with E-state index in [1.165, 1.54) is 36.8 Å². The molecule has 2 rings (SSSR count). The molecule has 28 heavy (non-hydrogen) atoms. The zero-order valence-electron chi connectivity index (χ0n) is 18.3. The Bertz CT molecular complexity index is 630. The number of carbonyl (C=O) groups excluding carboxylic acids is 1. The summed E-state index contributed by atoms with van der Waals surface area (Å²) in [5.74, 6) is 1.71. The van der Waals surface area contributed by atoms with Gasteiger partial charge in [-0.1, -0.05) is 30.2 Å². The second kappa shape index (κ2) is 12.1. The van der Waals surface area contributed by atoms with Crippen LogP contribution in [-0.4, -0.2) is 19.2 Å². The van der Waals surface area contributed by atoms with Crippen LogP contribution < -0.4 is 0 Å². The fourth-order valence-electron chi connectivity index (χ4n) is 3.76. The van der Waals surface area contributed by atoms with Gasteiger partial charge in [0.15, 0.2) is 0 Å². The van der Waals surface area contributed by atoms with Gasteiger partial charge in [-0.3, -0.25) is 0 Å². The predicted octanol–water partition coefficient (Wildman–Crippen LogP) is 6.67. The Balaban J connectivity index is 1.57. The van der Waals surface area contributed by atoms with Crippen molar-refractivity contribution in [3.8, 4) is 0 Å². The Labute approximate surface area is 171 Å². The van der Waals surface area contributed by atoms with E-state index >= 15 is 0 Å². The van der Waals surface area contributed by atoms with E-state index in [1.54, 1.807) is 6.92 Å². The van der Waals surface area contributed by atoms with Crippen molar-refractivity contribution in [1.82, 2.24) is 0 Å². The number of ether oxygens (including phenoxy) is 2. The highest BCUT2D eigenvalue weighted by molar-refractivity contribution is 5.92. The minimum atomic E-state index is -0.214. The maximum Gasteiger partial charge on any atom is 0.339 e. The van der Waals surface area contributed by atoms with Gasteiger partial charge in [-0.05, 0) is 96.1 Å². The van der Waals surface area contributed by atoms with E-state index in [-0.39, 0.29) is 5.97 Å². The lowest BCUT2D eigenvalue weighted by Gasteiger charge is -2.08. The Morgan fingerprint density at radius 1 is 1.21 bits per heavy atom. The van der Waals surface area contributed by atoms with Crippen LogP contribution in [0.1, 0.15) is 79.1 Å². The van der Waals surface area contributed by atoms with Crippen molar-refractivity contribution in [2.45, 2.75) is 79.1 Å². The number of hydrogen-bond donors (Lipinski definition) is 0. The summed E-state index contributed by atoms with van der Waals surface area (Å²) >= 11 is 0. The van der Waals surface area contributed by atoms with Gasteiger partial charge in [-0.15, -0.1) is 0 Å². The summed E-state index contributed by atoms with van der Waals surface area (Å²) in [6.45, 7) is 10.4. The quantitative estimate of drug-likeness (QED) is 0.294. The number of esters is 1. The van der Waals surface area contributed by atoms with Crippen molar-refractivity contribution in [3.05, 3.63) is 46.8 Å². The van der Waals surface area contributed by atoms with E-state index < -0.39 is 0 Å². The summed E-state index contributed by atoms with van der Waals surface area (Å²) in [6.07, 6.45) is 18.2. The molecule has 0 aromatic heterocycles. The smallest absolute Gasteiger partial charge is 0.339 e. The molecule has 0 saturated carbocycles. The highest BCUT2D eigenvalue weighted by Crippen LogP contribution is 2.22. The lowest BCUT2D eigenvalue weighted by atomic mass is 9.99. The minimum absolute atomic E-state index is 0.214. The molecule has 156 valence electrons. The standard InChI is InChI=1S/C25H38O3/c1-19(8-5-9-20(2)11-7-13-23-14-15-27-18-23)10-6-12-21(3)16-24-17-22(4)25(26)28-24/h8,11,16-17,21,23H,5-7,9-10,12-15,18H2,1-4H3/b19-8+,20-11+,24-16-/t21-,23?/m0/s1. The van der Waals surface area contributed by atoms with Crippen LogP contribution in [0, 0.1) is 11.8 Å². The van der Waals surface area contributed by atoms with Crippen LogP contribution in [0.5, 0.6) is 0 Å². The Kier molecular flexibility index (Phi) is 9.77. The summed E-state index contributed by atoms with van der Waals surface area (Å²) < 4.78 is 10.7. The van der Waals surface area contributed by atoms with Gasteiger partial charge < -0.3 is 9.47 Å². The Morgan fingerprint density at radius 3 is 2.64 bits per heavy atom. The second-order valence-corrected chi connectivity index (χ2v) is 8.60. The molecule has 1 unspecified atom stereocenters. The van der Waals surface area contributed by atoms with Crippen LogP contribution in [0.2, 0.25) is 0 Å². The molecule has 2 atom stereocenters. The highest BCUT2D eigenvalue weighted by atomic mass is 16.5. The molecule has 1 saturated heterocycles. The molecule has 0 spiro atoms. The molecule has 2 aliphatic heterocycles. The minimum Gasteiger partial charge on any atom is -0.423 e. The van der Waals surface area contributed by atoms with Crippen LogP contribution >= 0.6 is 0 Å². The fourth-order valence-corrected chi connectivity index (χ4v) is 3.76. The molecule has 0 aromatic rings. The van der Waals surface area contributed by atoms with Gasteiger partial charge >= 0.3 is 5.97 Å². The molecule has 2 heterocycles. The van der Waals surface area contributed by atoms with E-state index in [1.807, 2.05) is 6.08 Å². The average molecular weight is 387 g/mol. The van der Waals surface area contributed by atoms with Gasteiger partial charge in [0.05, 0.1) is 0 Å². The number of cyclic esters (lactones) is 1. The molecule has 2 aliphatic rings. The summed E-state index contributed by atoms with van der Waals surface area (Å²) in [5, 5.41) is 0. The molecule has 0 aromatic carbocycles. The largest absolute Gasteiger partial charge is 0.423 e. The maximum absolute atomic E-state index is 11.4. The monoisotopic (exact) mass is 386 g/mol. The van der Waals surface area contributed by atoms with Crippen molar-refractivity contribution in [2.75, 3.05) is 13.2 Å². The number of allylic oxidation sites excluding steroid dienone is 6. The fraction of sp³-hybridized carbons (Fsp3) is 0.640. The predicted molar refractivity (Wildman–Crippen MR) is 116 cm³/mol.